The highest BCUT2D eigenvalue weighted by atomic mass is 16.5. The molecular formula is C8H14O. The summed E-state index contributed by atoms with van der Waals surface area (Å²) in [7, 11) is 0. The molecule has 1 unspecified atom stereocenters. The van der Waals surface area contributed by atoms with E-state index in [1.807, 2.05) is 6.92 Å². The highest BCUT2D eigenvalue weighted by Crippen LogP contribution is 1.94. The van der Waals surface area contributed by atoms with Crippen LogP contribution in [0, 0.1) is 6.92 Å². The maximum atomic E-state index is 5.25. The maximum absolute atomic E-state index is 5.25. The molecule has 0 aromatic carbocycles. The van der Waals surface area contributed by atoms with Crippen LogP contribution in [0.25, 0.3) is 0 Å². The Morgan fingerprint density at radius 3 is 2.89 bits per heavy atom. The second-order valence-electron chi connectivity index (χ2n) is 1.95. The molecule has 0 saturated carbocycles. The first-order valence-electron chi connectivity index (χ1n) is 3.25. The van der Waals surface area contributed by atoms with Gasteiger partial charge >= 0.3 is 0 Å². The van der Waals surface area contributed by atoms with Crippen molar-refractivity contribution in [2.45, 2.75) is 25.9 Å². The van der Waals surface area contributed by atoms with E-state index in [0.29, 0.717) is 6.42 Å². The van der Waals surface area contributed by atoms with Gasteiger partial charge in [-0.3, -0.25) is 0 Å². The molecule has 1 heteroatoms. The summed E-state index contributed by atoms with van der Waals surface area (Å²) in [4.78, 5) is 0. The van der Waals surface area contributed by atoms with Crippen LogP contribution in [0.5, 0.6) is 0 Å². The van der Waals surface area contributed by atoms with Crippen molar-refractivity contribution in [3.05, 3.63) is 19.6 Å². The molecule has 0 aromatic rings. The van der Waals surface area contributed by atoms with E-state index in [9.17, 15) is 0 Å². The lowest BCUT2D eigenvalue weighted by molar-refractivity contribution is 0.0961. The summed E-state index contributed by atoms with van der Waals surface area (Å²) in [5, 5.41) is 0. The molecule has 0 fully saturated rings. The van der Waals surface area contributed by atoms with Crippen LogP contribution in [0.15, 0.2) is 12.7 Å². The Kier molecular flexibility index (Phi) is 5.64. The van der Waals surface area contributed by atoms with Gasteiger partial charge in [-0.2, -0.15) is 0 Å². The van der Waals surface area contributed by atoms with Crippen molar-refractivity contribution in [3.63, 3.8) is 0 Å². The van der Waals surface area contributed by atoms with Gasteiger partial charge in [-0.25, -0.2) is 0 Å². The van der Waals surface area contributed by atoms with Crippen molar-refractivity contribution < 1.29 is 4.74 Å². The summed E-state index contributed by atoms with van der Waals surface area (Å²) in [6.07, 6.45) is 3.56. The molecule has 0 bridgehead atoms. The number of hydrogen-bond acceptors (Lipinski definition) is 1. The molecule has 0 N–H and O–H groups in total. The van der Waals surface area contributed by atoms with Crippen LogP contribution in [-0.4, -0.2) is 12.7 Å². The highest BCUT2D eigenvalue weighted by Gasteiger charge is 1.92. The van der Waals surface area contributed by atoms with Crippen molar-refractivity contribution in [3.8, 4) is 0 Å². The molecular weight excluding hydrogens is 112 g/mol. The quantitative estimate of drug-likeness (QED) is 0.405. The fraction of sp³-hybridized carbons (Fsp3) is 0.625. The van der Waals surface area contributed by atoms with Crippen LogP contribution in [0.3, 0.4) is 0 Å². The number of ether oxygens (including phenoxy) is 1. The second-order valence-corrected chi connectivity index (χ2v) is 1.95. The third-order valence-electron chi connectivity index (χ3n) is 1.06. The van der Waals surface area contributed by atoms with Crippen LogP contribution in [0.4, 0.5) is 0 Å². The third kappa shape index (κ3) is 5.57. The predicted molar refractivity (Wildman–Crippen MR) is 39.1 cm³/mol. The van der Waals surface area contributed by atoms with Gasteiger partial charge < -0.3 is 4.74 Å². The van der Waals surface area contributed by atoms with Crippen molar-refractivity contribution in [1.82, 2.24) is 0 Å². The average Bonchev–Trinajstić information content (AvgIpc) is 1.89. The minimum Gasteiger partial charge on any atom is -0.374 e. The summed E-state index contributed by atoms with van der Waals surface area (Å²) < 4.78 is 5.23. The van der Waals surface area contributed by atoms with E-state index >= 15 is 0 Å². The zero-order chi connectivity index (χ0) is 7.11. The molecule has 1 nitrogen and oxygen atoms in total. The minimum absolute atomic E-state index is 0.163. The summed E-state index contributed by atoms with van der Waals surface area (Å²) in [5.41, 5.74) is 0. The van der Waals surface area contributed by atoms with Crippen LogP contribution < -0.4 is 0 Å². The first-order valence-corrected chi connectivity index (χ1v) is 3.25. The van der Waals surface area contributed by atoms with Crippen molar-refractivity contribution >= 4 is 0 Å². The Hall–Kier alpha value is -0.300. The minimum atomic E-state index is 0.163. The Morgan fingerprint density at radius 2 is 2.44 bits per heavy atom. The Labute approximate surface area is 57.7 Å². The second kappa shape index (κ2) is 5.83. The largest absolute Gasteiger partial charge is 0.374 e. The Bertz CT molecular complexity index is 69.0. The summed E-state index contributed by atoms with van der Waals surface area (Å²) in [6.45, 7) is 11.5. The van der Waals surface area contributed by atoms with E-state index in [0.717, 1.165) is 13.0 Å². The zero-order valence-electron chi connectivity index (χ0n) is 5.97. The number of unbranched alkanes of at least 4 members (excludes halogenated alkanes) is 1. The highest BCUT2D eigenvalue weighted by molar-refractivity contribution is 4.74. The summed E-state index contributed by atoms with van der Waals surface area (Å²) >= 11 is 0. The van der Waals surface area contributed by atoms with E-state index in [-0.39, 0.29) is 6.10 Å². The van der Waals surface area contributed by atoms with Gasteiger partial charge in [0.15, 0.2) is 0 Å². The van der Waals surface area contributed by atoms with E-state index in [2.05, 4.69) is 6.58 Å². The molecule has 0 aromatic heterocycles. The molecule has 0 rings (SSSR count). The topological polar surface area (TPSA) is 9.23 Å². The van der Waals surface area contributed by atoms with Crippen molar-refractivity contribution in [1.29, 1.82) is 0 Å². The van der Waals surface area contributed by atoms with E-state index in [1.54, 1.807) is 6.08 Å². The van der Waals surface area contributed by atoms with Crippen LogP contribution in [0.1, 0.15) is 19.8 Å². The normalized spacial score (nSPS) is 13.1. The molecule has 0 aliphatic carbocycles. The summed E-state index contributed by atoms with van der Waals surface area (Å²) in [6, 6.07) is 0. The van der Waals surface area contributed by atoms with Gasteiger partial charge in [0.25, 0.3) is 0 Å². The molecule has 1 atom stereocenters. The third-order valence-corrected chi connectivity index (χ3v) is 1.06. The van der Waals surface area contributed by atoms with Crippen LogP contribution in [0.2, 0.25) is 0 Å². The average molecular weight is 126 g/mol. The van der Waals surface area contributed by atoms with Gasteiger partial charge in [0.2, 0.25) is 0 Å². The zero-order valence-corrected chi connectivity index (χ0v) is 5.97. The lowest BCUT2D eigenvalue weighted by atomic mass is 10.3. The lowest BCUT2D eigenvalue weighted by Crippen LogP contribution is -2.04. The SMILES string of the molecule is [CH]CCCOC(C)C=C. The van der Waals surface area contributed by atoms with Gasteiger partial charge in [0, 0.05) is 6.61 Å². The Balaban J connectivity index is 2.96. The number of rotatable bonds is 5. The van der Waals surface area contributed by atoms with Gasteiger partial charge in [-0.05, 0) is 26.7 Å². The molecule has 0 saturated heterocycles. The van der Waals surface area contributed by atoms with Gasteiger partial charge in [0.1, 0.15) is 0 Å². The molecule has 0 aliphatic rings. The molecule has 9 heavy (non-hydrogen) atoms. The molecule has 2 radical (unpaired) electrons. The molecule has 0 aliphatic heterocycles. The van der Waals surface area contributed by atoms with Crippen molar-refractivity contribution in [2.75, 3.05) is 6.61 Å². The van der Waals surface area contributed by atoms with E-state index < -0.39 is 0 Å². The van der Waals surface area contributed by atoms with E-state index in [1.165, 1.54) is 0 Å². The Morgan fingerprint density at radius 1 is 1.78 bits per heavy atom. The summed E-state index contributed by atoms with van der Waals surface area (Å²) in [5.74, 6) is 0. The molecule has 52 valence electrons. The van der Waals surface area contributed by atoms with Gasteiger partial charge in [-0.15, -0.1) is 6.58 Å². The smallest absolute Gasteiger partial charge is 0.0725 e. The fourth-order valence-corrected chi connectivity index (χ4v) is 0.421. The maximum Gasteiger partial charge on any atom is 0.0725 e. The van der Waals surface area contributed by atoms with Crippen LogP contribution in [-0.2, 0) is 4.74 Å². The molecule has 0 spiro atoms. The van der Waals surface area contributed by atoms with Gasteiger partial charge in [-0.1, -0.05) is 6.08 Å². The fourth-order valence-electron chi connectivity index (χ4n) is 0.421. The van der Waals surface area contributed by atoms with Crippen LogP contribution >= 0.6 is 0 Å². The lowest BCUT2D eigenvalue weighted by Gasteiger charge is -2.05. The first kappa shape index (κ1) is 8.70. The first-order chi connectivity index (χ1) is 4.31. The van der Waals surface area contributed by atoms with Crippen molar-refractivity contribution in [2.24, 2.45) is 0 Å². The molecule has 0 heterocycles. The van der Waals surface area contributed by atoms with E-state index in [4.69, 9.17) is 11.7 Å². The predicted octanol–water partition coefficient (Wildman–Crippen LogP) is 2.07. The monoisotopic (exact) mass is 126 g/mol. The molecule has 0 amide bonds. The number of hydrogen-bond donors (Lipinski definition) is 0. The standard InChI is InChI=1S/C8H14O/c1-4-6-7-9-8(3)5-2/h1,5,8H,2,4,6-7H2,3H3. The van der Waals surface area contributed by atoms with Gasteiger partial charge in [0.05, 0.1) is 6.10 Å².